The standard InChI is InChI=1S/C64H44N2/c1-3-12-45(13-4-1)47-22-26-49(27-23-47)51-30-37-56(38-31-51)65(57-39-32-52(33-40-57)50-28-24-48(25-29-50)46-14-5-2-6-15-46)58-41-34-53(35-42-58)55-36-43-64-61(44-55)60-19-9-10-20-63(60)66(64)62-21-11-17-54-16-7-8-18-59(54)62/h1-44H. The Morgan fingerprint density at radius 2 is 0.576 bits per heavy atom. The summed E-state index contributed by atoms with van der Waals surface area (Å²) >= 11 is 0. The number of rotatable bonds is 9. The molecule has 0 bridgehead atoms. The molecule has 0 amide bonds. The molecule has 12 rings (SSSR count). The Hall–Kier alpha value is -8.72. The molecule has 0 saturated carbocycles. The van der Waals surface area contributed by atoms with Crippen LogP contribution in [0.25, 0.3) is 93.9 Å². The topological polar surface area (TPSA) is 8.17 Å². The van der Waals surface area contributed by atoms with Crippen molar-refractivity contribution in [1.29, 1.82) is 0 Å². The lowest BCUT2D eigenvalue weighted by Gasteiger charge is -2.26. The van der Waals surface area contributed by atoms with Crippen molar-refractivity contribution in [2.45, 2.75) is 0 Å². The maximum Gasteiger partial charge on any atom is 0.0541 e. The predicted octanol–water partition coefficient (Wildman–Crippen LogP) is 17.7. The van der Waals surface area contributed by atoms with Crippen molar-refractivity contribution in [3.63, 3.8) is 0 Å². The van der Waals surface area contributed by atoms with Gasteiger partial charge in [0.25, 0.3) is 0 Å². The van der Waals surface area contributed by atoms with Crippen molar-refractivity contribution >= 4 is 49.6 Å². The second kappa shape index (κ2) is 16.8. The number of anilines is 3. The van der Waals surface area contributed by atoms with Gasteiger partial charge < -0.3 is 9.47 Å². The number of hydrogen-bond donors (Lipinski definition) is 0. The Morgan fingerprint density at radius 3 is 1.08 bits per heavy atom. The molecular formula is C64H44N2. The van der Waals surface area contributed by atoms with Crippen molar-refractivity contribution in [3.8, 4) is 61.3 Å². The lowest BCUT2D eigenvalue weighted by atomic mass is 9.99. The maximum absolute atomic E-state index is 2.42. The van der Waals surface area contributed by atoms with Crippen LogP contribution < -0.4 is 4.90 Å². The zero-order valence-electron chi connectivity index (χ0n) is 36.3. The Kier molecular flexibility index (Phi) is 9.89. The van der Waals surface area contributed by atoms with Gasteiger partial charge in [0.2, 0.25) is 0 Å². The van der Waals surface area contributed by atoms with Gasteiger partial charge in [0.15, 0.2) is 0 Å². The van der Waals surface area contributed by atoms with Crippen molar-refractivity contribution in [2.75, 3.05) is 4.90 Å². The molecule has 0 spiro atoms. The molecule has 0 aliphatic rings. The van der Waals surface area contributed by atoms with E-state index in [2.05, 4.69) is 276 Å². The highest BCUT2D eigenvalue weighted by molar-refractivity contribution is 6.11. The summed E-state index contributed by atoms with van der Waals surface area (Å²) in [6.07, 6.45) is 0. The van der Waals surface area contributed by atoms with E-state index in [1.165, 1.54) is 93.9 Å². The molecular weight excluding hydrogens is 797 g/mol. The van der Waals surface area contributed by atoms with Crippen molar-refractivity contribution in [2.24, 2.45) is 0 Å². The summed E-state index contributed by atoms with van der Waals surface area (Å²) in [7, 11) is 0. The number of aromatic nitrogens is 1. The van der Waals surface area contributed by atoms with Gasteiger partial charge in [0.05, 0.1) is 16.7 Å². The highest BCUT2D eigenvalue weighted by Gasteiger charge is 2.17. The first-order valence-corrected chi connectivity index (χ1v) is 22.7. The normalized spacial score (nSPS) is 11.3. The molecule has 0 unspecified atom stereocenters. The van der Waals surface area contributed by atoms with Crippen molar-refractivity contribution < 1.29 is 0 Å². The molecule has 11 aromatic carbocycles. The molecule has 0 aliphatic carbocycles. The Morgan fingerprint density at radius 1 is 0.227 bits per heavy atom. The molecule has 66 heavy (non-hydrogen) atoms. The number of nitrogens with zero attached hydrogens (tertiary/aromatic N) is 2. The predicted molar refractivity (Wildman–Crippen MR) is 280 cm³/mol. The number of para-hydroxylation sites is 1. The van der Waals surface area contributed by atoms with Crippen LogP contribution in [0.15, 0.2) is 267 Å². The second-order valence-electron chi connectivity index (χ2n) is 16.9. The van der Waals surface area contributed by atoms with E-state index in [4.69, 9.17) is 0 Å². The quantitative estimate of drug-likeness (QED) is 0.141. The van der Waals surface area contributed by atoms with Gasteiger partial charge in [0.1, 0.15) is 0 Å². The van der Waals surface area contributed by atoms with Gasteiger partial charge in [-0.25, -0.2) is 0 Å². The minimum absolute atomic E-state index is 1.09. The summed E-state index contributed by atoms with van der Waals surface area (Å²) in [6.45, 7) is 0. The van der Waals surface area contributed by atoms with Crippen LogP contribution >= 0.6 is 0 Å². The van der Waals surface area contributed by atoms with Crippen LogP contribution in [0.2, 0.25) is 0 Å². The smallest absolute Gasteiger partial charge is 0.0541 e. The van der Waals surface area contributed by atoms with E-state index in [9.17, 15) is 0 Å². The molecule has 310 valence electrons. The van der Waals surface area contributed by atoms with E-state index in [-0.39, 0.29) is 0 Å². The monoisotopic (exact) mass is 840 g/mol. The minimum Gasteiger partial charge on any atom is -0.311 e. The summed E-state index contributed by atoms with van der Waals surface area (Å²) < 4.78 is 2.42. The molecule has 0 saturated heterocycles. The minimum atomic E-state index is 1.09. The zero-order chi connectivity index (χ0) is 43.8. The van der Waals surface area contributed by atoms with E-state index >= 15 is 0 Å². The Balaban J connectivity index is 0.894. The van der Waals surface area contributed by atoms with Crippen LogP contribution in [-0.4, -0.2) is 4.57 Å². The SMILES string of the molecule is c1ccc(-c2ccc(-c3ccc(N(c4ccc(-c5ccc(-c6ccccc6)cc5)cc4)c4ccc(-c5ccc6c(c5)c5ccccc5n6-c5cccc6ccccc56)cc4)cc3)cc2)cc1. The second-order valence-corrected chi connectivity index (χ2v) is 16.9. The van der Waals surface area contributed by atoms with Crippen molar-refractivity contribution in [1.82, 2.24) is 4.57 Å². The fourth-order valence-corrected chi connectivity index (χ4v) is 9.64. The van der Waals surface area contributed by atoms with Gasteiger partial charge in [-0.3, -0.25) is 0 Å². The third kappa shape index (κ3) is 7.21. The first-order valence-electron chi connectivity index (χ1n) is 22.7. The highest BCUT2D eigenvalue weighted by atomic mass is 15.1. The van der Waals surface area contributed by atoms with E-state index in [0.717, 1.165) is 17.1 Å². The molecule has 0 aliphatic heterocycles. The summed E-state index contributed by atoms with van der Waals surface area (Å²) in [5.74, 6) is 0. The fraction of sp³-hybridized carbons (Fsp3) is 0. The van der Waals surface area contributed by atoms with Crippen LogP contribution in [0.5, 0.6) is 0 Å². The van der Waals surface area contributed by atoms with E-state index in [0.29, 0.717) is 0 Å². The molecule has 1 heterocycles. The van der Waals surface area contributed by atoms with Gasteiger partial charge in [0, 0.05) is 33.2 Å². The molecule has 0 atom stereocenters. The third-order valence-corrected chi connectivity index (χ3v) is 13.0. The van der Waals surface area contributed by atoms with Gasteiger partial charge in [-0.2, -0.15) is 0 Å². The van der Waals surface area contributed by atoms with Gasteiger partial charge in [-0.05, 0) is 122 Å². The Labute approximate surface area is 385 Å². The molecule has 12 aromatic rings. The first-order chi connectivity index (χ1) is 32.7. The molecule has 2 nitrogen and oxygen atoms in total. The largest absolute Gasteiger partial charge is 0.311 e. The van der Waals surface area contributed by atoms with Gasteiger partial charge in [-0.1, -0.05) is 206 Å². The lowest BCUT2D eigenvalue weighted by Crippen LogP contribution is -2.09. The first kappa shape index (κ1) is 38.9. The summed E-state index contributed by atoms with van der Waals surface area (Å²) in [5, 5.41) is 4.97. The van der Waals surface area contributed by atoms with Crippen LogP contribution in [-0.2, 0) is 0 Å². The highest BCUT2D eigenvalue weighted by Crippen LogP contribution is 2.40. The number of hydrogen-bond acceptors (Lipinski definition) is 1. The van der Waals surface area contributed by atoms with Gasteiger partial charge >= 0.3 is 0 Å². The van der Waals surface area contributed by atoms with Crippen LogP contribution in [0, 0.1) is 0 Å². The Bertz CT molecular complexity index is 3500. The molecule has 0 fully saturated rings. The zero-order valence-corrected chi connectivity index (χ0v) is 36.3. The van der Waals surface area contributed by atoms with Crippen molar-refractivity contribution in [3.05, 3.63) is 267 Å². The summed E-state index contributed by atoms with van der Waals surface area (Å²) in [5.41, 5.74) is 18.9. The average Bonchev–Trinajstić information content (AvgIpc) is 3.73. The molecule has 0 radical (unpaired) electrons. The average molecular weight is 841 g/mol. The molecule has 0 N–H and O–H groups in total. The number of fused-ring (bicyclic) bond motifs is 4. The molecule has 2 heteroatoms. The summed E-state index contributed by atoms with van der Waals surface area (Å²) in [6, 6.07) is 96.7. The van der Waals surface area contributed by atoms with Crippen LogP contribution in [0.4, 0.5) is 17.1 Å². The van der Waals surface area contributed by atoms with Gasteiger partial charge in [-0.15, -0.1) is 0 Å². The molecule has 1 aromatic heterocycles. The van der Waals surface area contributed by atoms with Crippen LogP contribution in [0.1, 0.15) is 0 Å². The fourth-order valence-electron chi connectivity index (χ4n) is 9.64. The lowest BCUT2D eigenvalue weighted by molar-refractivity contribution is 1.20. The van der Waals surface area contributed by atoms with Crippen LogP contribution in [0.3, 0.4) is 0 Å². The number of benzene rings is 11. The van der Waals surface area contributed by atoms with E-state index in [1.807, 2.05) is 0 Å². The van der Waals surface area contributed by atoms with E-state index < -0.39 is 0 Å². The summed E-state index contributed by atoms with van der Waals surface area (Å²) in [4.78, 5) is 2.36. The third-order valence-electron chi connectivity index (χ3n) is 13.0. The maximum atomic E-state index is 2.42. The van der Waals surface area contributed by atoms with E-state index in [1.54, 1.807) is 0 Å².